The molecule has 7 heteroatoms. The van der Waals surface area contributed by atoms with E-state index in [2.05, 4.69) is 0 Å². The predicted molar refractivity (Wildman–Crippen MR) is 61.6 cm³/mol. The van der Waals surface area contributed by atoms with Gasteiger partial charge in [0, 0.05) is 16.7 Å². The molecule has 84 valence electrons. The maximum absolute atomic E-state index is 10.6. The molecule has 0 fully saturated rings. The van der Waals surface area contributed by atoms with E-state index in [1.54, 1.807) is 12.1 Å². The zero-order valence-corrected chi connectivity index (χ0v) is 10.5. The molecule has 1 aromatic rings. The number of benzene rings is 1. The van der Waals surface area contributed by atoms with Crippen LogP contribution < -0.4 is 4.74 Å². The highest BCUT2D eigenvalue weighted by atomic mass is 35.7. The zero-order chi connectivity index (χ0) is 11.5. The molecule has 0 saturated carbocycles. The van der Waals surface area contributed by atoms with E-state index >= 15 is 0 Å². The third-order valence-corrected chi connectivity index (χ3v) is 3.34. The highest BCUT2D eigenvalue weighted by Gasteiger charge is 2.06. The van der Waals surface area contributed by atoms with Crippen LogP contribution in [0.4, 0.5) is 0 Å². The summed E-state index contributed by atoms with van der Waals surface area (Å²) >= 11 is 11.4. The van der Waals surface area contributed by atoms with E-state index in [0.29, 0.717) is 15.8 Å². The smallest absolute Gasteiger partial charge is 0.235 e. The van der Waals surface area contributed by atoms with Crippen molar-refractivity contribution < 1.29 is 13.2 Å². The Morgan fingerprint density at radius 1 is 1.20 bits per heavy atom. The fourth-order valence-electron chi connectivity index (χ4n) is 0.826. The van der Waals surface area contributed by atoms with Crippen molar-refractivity contribution in [2.45, 2.75) is 0 Å². The fourth-order valence-corrected chi connectivity index (χ4v) is 1.59. The molecule has 0 aliphatic heterocycles. The average molecular weight is 290 g/mol. The lowest BCUT2D eigenvalue weighted by atomic mass is 10.3. The van der Waals surface area contributed by atoms with Crippen molar-refractivity contribution >= 4 is 42.9 Å². The topological polar surface area (TPSA) is 43.4 Å². The lowest BCUT2D eigenvalue weighted by Crippen LogP contribution is -2.08. The van der Waals surface area contributed by atoms with Gasteiger partial charge in [0.2, 0.25) is 9.05 Å². The van der Waals surface area contributed by atoms with Crippen molar-refractivity contribution in [1.82, 2.24) is 0 Å². The summed E-state index contributed by atoms with van der Waals surface area (Å²) in [6, 6.07) is 4.66. The number of hydrogen-bond donors (Lipinski definition) is 0. The van der Waals surface area contributed by atoms with E-state index < -0.39 is 9.05 Å². The van der Waals surface area contributed by atoms with Gasteiger partial charge in [0.15, 0.2) is 0 Å². The van der Waals surface area contributed by atoms with Crippen molar-refractivity contribution in [3.05, 3.63) is 28.2 Å². The SMILES string of the molecule is O=S(=O)(Cl)CCOc1ccc(Cl)c(Cl)c1. The van der Waals surface area contributed by atoms with Gasteiger partial charge < -0.3 is 4.74 Å². The van der Waals surface area contributed by atoms with Crippen LogP contribution in [0.25, 0.3) is 0 Å². The minimum absolute atomic E-state index is 0.0240. The second-order valence-electron chi connectivity index (χ2n) is 2.67. The van der Waals surface area contributed by atoms with E-state index in [1.165, 1.54) is 6.07 Å². The lowest BCUT2D eigenvalue weighted by Gasteiger charge is -2.05. The van der Waals surface area contributed by atoms with Crippen LogP contribution in [0.3, 0.4) is 0 Å². The van der Waals surface area contributed by atoms with Crippen LogP contribution in [0.2, 0.25) is 10.0 Å². The molecule has 0 N–H and O–H groups in total. The molecular weight excluding hydrogens is 283 g/mol. The minimum Gasteiger partial charge on any atom is -0.492 e. The molecular formula is C8H7Cl3O3S. The van der Waals surface area contributed by atoms with E-state index in [9.17, 15) is 8.42 Å². The Morgan fingerprint density at radius 2 is 1.87 bits per heavy atom. The molecule has 1 aromatic carbocycles. The van der Waals surface area contributed by atoms with E-state index in [4.69, 9.17) is 38.6 Å². The highest BCUT2D eigenvalue weighted by molar-refractivity contribution is 8.13. The van der Waals surface area contributed by atoms with Crippen LogP contribution in [0.15, 0.2) is 18.2 Å². The van der Waals surface area contributed by atoms with E-state index in [0.717, 1.165) is 0 Å². The monoisotopic (exact) mass is 288 g/mol. The fraction of sp³-hybridized carbons (Fsp3) is 0.250. The van der Waals surface area contributed by atoms with Crippen molar-refractivity contribution in [3.63, 3.8) is 0 Å². The molecule has 0 heterocycles. The van der Waals surface area contributed by atoms with Gasteiger partial charge in [0.1, 0.15) is 12.4 Å². The first-order valence-electron chi connectivity index (χ1n) is 3.89. The Kier molecular flexibility index (Phi) is 4.52. The highest BCUT2D eigenvalue weighted by Crippen LogP contribution is 2.26. The summed E-state index contributed by atoms with van der Waals surface area (Å²) in [6.45, 7) is -0.0240. The Bertz CT molecular complexity index is 444. The Balaban J connectivity index is 2.55. The van der Waals surface area contributed by atoms with Gasteiger partial charge in [0.25, 0.3) is 0 Å². The first-order chi connectivity index (χ1) is 6.88. The maximum Gasteiger partial charge on any atom is 0.235 e. The largest absolute Gasteiger partial charge is 0.492 e. The normalized spacial score (nSPS) is 11.4. The summed E-state index contributed by atoms with van der Waals surface area (Å²) in [5, 5.41) is 0.761. The summed E-state index contributed by atoms with van der Waals surface area (Å²) in [5.74, 6) is 0.194. The minimum atomic E-state index is -3.52. The molecule has 0 unspecified atom stereocenters. The molecule has 15 heavy (non-hydrogen) atoms. The van der Waals surface area contributed by atoms with Gasteiger partial charge in [-0.2, -0.15) is 0 Å². The Morgan fingerprint density at radius 3 is 2.40 bits per heavy atom. The van der Waals surface area contributed by atoms with Crippen LogP contribution in [-0.4, -0.2) is 20.8 Å². The van der Waals surface area contributed by atoms with Crippen molar-refractivity contribution in [1.29, 1.82) is 0 Å². The second kappa shape index (κ2) is 5.25. The van der Waals surface area contributed by atoms with Gasteiger partial charge in [-0.05, 0) is 12.1 Å². The van der Waals surface area contributed by atoms with Crippen LogP contribution in [0, 0.1) is 0 Å². The molecule has 0 spiro atoms. The van der Waals surface area contributed by atoms with Crippen LogP contribution in [-0.2, 0) is 9.05 Å². The molecule has 0 aliphatic carbocycles. The van der Waals surface area contributed by atoms with Crippen LogP contribution in [0.1, 0.15) is 0 Å². The molecule has 0 bridgehead atoms. The molecule has 0 saturated heterocycles. The van der Waals surface area contributed by atoms with Gasteiger partial charge in [0.05, 0.1) is 15.8 Å². The standard InChI is InChI=1S/C8H7Cl3O3S/c9-7-2-1-6(5-8(7)10)14-3-4-15(11,12)13/h1-2,5H,3-4H2. The van der Waals surface area contributed by atoms with Crippen LogP contribution in [0.5, 0.6) is 5.75 Å². The quantitative estimate of drug-likeness (QED) is 0.801. The lowest BCUT2D eigenvalue weighted by molar-refractivity contribution is 0.341. The first-order valence-corrected chi connectivity index (χ1v) is 7.12. The van der Waals surface area contributed by atoms with Gasteiger partial charge in [-0.3, -0.25) is 0 Å². The summed E-state index contributed by atoms with van der Waals surface area (Å²) in [4.78, 5) is 0. The summed E-state index contributed by atoms with van der Waals surface area (Å²) < 4.78 is 26.3. The van der Waals surface area contributed by atoms with Gasteiger partial charge in [-0.25, -0.2) is 8.42 Å². The molecule has 0 radical (unpaired) electrons. The van der Waals surface area contributed by atoms with Gasteiger partial charge >= 0.3 is 0 Å². The average Bonchev–Trinajstić information content (AvgIpc) is 2.09. The predicted octanol–water partition coefficient (Wildman–Crippen LogP) is 2.94. The molecule has 3 nitrogen and oxygen atoms in total. The molecule has 0 atom stereocenters. The molecule has 0 aliphatic rings. The zero-order valence-electron chi connectivity index (χ0n) is 7.41. The summed E-state index contributed by atoms with van der Waals surface area (Å²) in [7, 11) is 1.48. The van der Waals surface area contributed by atoms with Crippen molar-refractivity contribution in [2.75, 3.05) is 12.4 Å². The van der Waals surface area contributed by atoms with Crippen LogP contribution >= 0.6 is 33.9 Å². The molecule has 1 rings (SSSR count). The van der Waals surface area contributed by atoms with Crippen molar-refractivity contribution in [3.8, 4) is 5.75 Å². The number of ether oxygens (including phenoxy) is 1. The third-order valence-electron chi connectivity index (χ3n) is 1.49. The third kappa shape index (κ3) is 4.93. The van der Waals surface area contributed by atoms with Gasteiger partial charge in [-0.1, -0.05) is 23.2 Å². The Hall–Kier alpha value is -0.160. The Labute approximate surface area is 102 Å². The first kappa shape index (κ1) is 12.9. The second-order valence-corrected chi connectivity index (χ2v) is 6.38. The van der Waals surface area contributed by atoms with E-state index in [1.807, 2.05) is 0 Å². The van der Waals surface area contributed by atoms with E-state index in [-0.39, 0.29) is 12.4 Å². The van der Waals surface area contributed by atoms with Gasteiger partial charge in [-0.15, -0.1) is 0 Å². The molecule has 0 aromatic heterocycles. The maximum atomic E-state index is 10.6. The van der Waals surface area contributed by atoms with Crippen molar-refractivity contribution in [2.24, 2.45) is 0 Å². The number of hydrogen-bond acceptors (Lipinski definition) is 3. The number of rotatable bonds is 4. The molecule has 0 amide bonds. The summed E-state index contributed by atoms with van der Waals surface area (Å²) in [6.07, 6.45) is 0. The number of halogens is 3. The summed E-state index contributed by atoms with van der Waals surface area (Å²) in [5.41, 5.74) is 0.